The van der Waals surface area contributed by atoms with E-state index in [2.05, 4.69) is 29.4 Å². The molecule has 3 rings (SSSR count). The molecule has 1 fully saturated rings. The van der Waals surface area contributed by atoms with E-state index in [-0.39, 0.29) is 11.4 Å². The predicted octanol–water partition coefficient (Wildman–Crippen LogP) is 2.21. The second-order valence-corrected chi connectivity index (χ2v) is 5.58. The highest BCUT2D eigenvalue weighted by Crippen LogP contribution is 2.44. The predicted molar refractivity (Wildman–Crippen MR) is 69.7 cm³/mol. The van der Waals surface area contributed by atoms with Gasteiger partial charge in [-0.25, -0.2) is 9.07 Å². The van der Waals surface area contributed by atoms with Crippen LogP contribution in [0.2, 0.25) is 0 Å². The minimum absolute atomic E-state index is 0.212. The molecule has 2 aromatic rings. The summed E-state index contributed by atoms with van der Waals surface area (Å²) in [6, 6.07) is 4.44. The molecule has 5 nitrogen and oxygen atoms in total. The van der Waals surface area contributed by atoms with Gasteiger partial charge >= 0.3 is 0 Å². The molecule has 19 heavy (non-hydrogen) atoms. The Morgan fingerprint density at radius 3 is 2.79 bits per heavy atom. The van der Waals surface area contributed by atoms with Crippen LogP contribution in [0.15, 0.2) is 18.2 Å². The Balaban J connectivity index is 2.11. The molecule has 1 aromatic carbocycles. The molecular weight excluding hydrogens is 245 g/mol. The van der Waals surface area contributed by atoms with Gasteiger partial charge in [-0.1, -0.05) is 0 Å². The van der Waals surface area contributed by atoms with Gasteiger partial charge in [0, 0.05) is 5.69 Å². The molecule has 100 valence electrons. The van der Waals surface area contributed by atoms with Gasteiger partial charge in [0.1, 0.15) is 5.82 Å². The van der Waals surface area contributed by atoms with Crippen LogP contribution < -0.4 is 5.73 Å². The van der Waals surface area contributed by atoms with E-state index >= 15 is 0 Å². The van der Waals surface area contributed by atoms with Gasteiger partial charge in [-0.2, -0.15) is 0 Å². The second kappa shape index (κ2) is 4.01. The highest BCUT2D eigenvalue weighted by molar-refractivity contribution is 5.61. The van der Waals surface area contributed by atoms with Gasteiger partial charge in [0.25, 0.3) is 0 Å². The quantitative estimate of drug-likeness (QED) is 0.860. The fraction of sp³-hybridized carbons (Fsp3) is 0.462. The van der Waals surface area contributed by atoms with E-state index in [0.29, 0.717) is 23.0 Å². The molecule has 0 aliphatic heterocycles. The maximum absolute atomic E-state index is 14.0. The molecule has 0 radical (unpaired) electrons. The highest BCUT2D eigenvalue weighted by Gasteiger charge is 2.41. The zero-order valence-corrected chi connectivity index (χ0v) is 11.0. The number of aromatic nitrogens is 4. The number of nitrogen functional groups attached to an aromatic ring is 1. The zero-order chi connectivity index (χ0) is 13.6. The van der Waals surface area contributed by atoms with Gasteiger partial charge in [-0.15, -0.1) is 5.10 Å². The number of anilines is 1. The zero-order valence-electron chi connectivity index (χ0n) is 11.0. The van der Waals surface area contributed by atoms with Crippen LogP contribution >= 0.6 is 0 Å². The number of rotatable bonds is 3. The summed E-state index contributed by atoms with van der Waals surface area (Å²) in [7, 11) is 0. The highest BCUT2D eigenvalue weighted by atomic mass is 19.1. The Hall–Kier alpha value is -1.98. The van der Waals surface area contributed by atoms with Gasteiger partial charge in [0.2, 0.25) is 0 Å². The number of halogens is 1. The molecule has 0 saturated heterocycles. The number of tetrazole rings is 1. The average molecular weight is 261 g/mol. The number of nitrogens with zero attached hydrogens (tertiary/aromatic N) is 4. The summed E-state index contributed by atoms with van der Waals surface area (Å²) in [6.07, 6.45) is 2.32. The van der Waals surface area contributed by atoms with Crippen molar-refractivity contribution in [2.24, 2.45) is 5.92 Å². The van der Waals surface area contributed by atoms with Crippen LogP contribution in [0.1, 0.15) is 26.7 Å². The molecule has 0 amide bonds. The van der Waals surface area contributed by atoms with Gasteiger partial charge in [-0.05, 0) is 61.2 Å². The molecule has 1 saturated carbocycles. The smallest absolute Gasteiger partial charge is 0.185 e. The van der Waals surface area contributed by atoms with Crippen LogP contribution in [0, 0.1) is 11.7 Å². The summed E-state index contributed by atoms with van der Waals surface area (Å²) in [5.74, 6) is 0.609. The minimum atomic E-state index is -0.364. The van der Waals surface area contributed by atoms with E-state index in [1.165, 1.54) is 12.1 Å². The van der Waals surface area contributed by atoms with Crippen molar-refractivity contribution < 1.29 is 4.39 Å². The van der Waals surface area contributed by atoms with Gasteiger partial charge in [0.15, 0.2) is 5.82 Å². The van der Waals surface area contributed by atoms with E-state index in [1.807, 2.05) is 0 Å². The van der Waals surface area contributed by atoms with Crippen molar-refractivity contribution in [1.29, 1.82) is 0 Å². The first kappa shape index (κ1) is 12.1. The Morgan fingerprint density at radius 1 is 1.37 bits per heavy atom. The van der Waals surface area contributed by atoms with Crippen molar-refractivity contribution in [3.8, 4) is 11.4 Å². The molecule has 0 bridgehead atoms. The second-order valence-electron chi connectivity index (χ2n) is 5.58. The fourth-order valence-electron chi connectivity index (χ4n) is 2.42. The van der Waals surface area contributed by atoms with Crippen molar-refractivity contribution in [2.75, 3.05) is 5.73 Å². The first-order valence-corrected chi connectivity index (χ1v) is 6.34. The first-order chi connectivity index (χ1) is 9.00. The normalized spacial score (nSPS) is 15.7. The van der Waals surface area contributed by atoms with Gasteiger partial charge < -0.3 is 5.73 Å². The van der Waals surface area contributed by atoms with Gasteiger partial charge in [0.05, 0.1) is 11.1 Å². The third-order valence-corrected chi connectivity index (χ3v) is 3.82. The van der Waals surface area contributed by atoms with Crippen molar-refractivity contribution in [3.63, 3.8) is 0 Å². The molecule has 1 heterocycles. The molecule has 1 aliphatic rings. The molecule has 6 heteroatoms. The fourth-order valence-corrected chi connectivity index (χ4v) is 2.42. The topological polar surface area (TPSA) is 69.6 Å². The Bertz CT molecular complexity index is 615. The summed E-state index contributed by atoms with van der Waals surface area (Å²) in [4.78, 5) is 0. The number of hydrogen-bond donors (Lipinski definition) is 1. The molecule has 0 atom stereocenters. The third-order valence-electron chi connectivity index (χ3n) is 3.82. The van der Waals surface area contributed by atoms with Gasteiger partial charge in [-0.3, -0.25) is 0 Å². The minimum Gasteiger partial charge on any atom is -0.399 e. The average Bonchev–Trinajstić information content (AvgIpc) is 3.11. The van der Waals surface area contributed by atoms with Crippen LogP contribution in [0.5, 0.6) is 0 Å². The van der Waals surface area contributed by atoms with Crippen molar-refractivity contribution in [3.05, 3.63) is 24.0 Å². The molecule has 2 N–H and O–H groups in total. The van der Waals surface area contributed by atoms with Crippen molar-refractivity contribution in [1.82, 2.24) is 20.2 Å². The standard InChI is InChI=1S/C13H16FN5/c1-13(2,8-3-4-8)19-12(16-17-18-19)10-7-9(15)5-6-11(10)14/h5-8H,3-4,15H2,1-2H3. The molecular formula is C13H16FN5. The molecule has 1 aliphatic carbocycles. The maximum atomic E-state index is 14.0. The van der Waals surface area contributed by atoms with Crippen LogP contribution in [-0.4, -0.2) is 20.2 Å². The first-order valence-electron chi connectivity index (χ1n) is 6.34. The number of nitrogens with two attached hydrogens (primary N) is 1. The van der Waals surface area contributed by atoms with Crippen LogP contribution in [-0.2, 0) is 5.54 Å². The Labute approximate surface area is 110 Å². The number of hydrogen-bond acceptors (Lipinski definition) is 4. The van der Waals surface area contributed by atoms with Crippen LogP contribution in [0.4, 0.5) is 10.1 Å². The lowest BCUT2D eigenvalue weighted by Gasteiger charge is -2.25. The van der Waals surface area contributed by atoms with Crippen LogP contribution in [0.3, 0.4) is 0 Å². The van der Waals surface area contributed by atoms with E-state index in [0.717, 1.165) is 12.8 Å². The third kappa shape index (κ3) is 1.97. The maximum Gasteiger partial charge on any atom is 0.185 e. The summed E-state index contributed by atoms with van der Waals surface area (Å²) in [5, 5.41) is 11.7. The lowest BCUT2D eigenvalue weighted by atomic mass is 9.98. The van der Waals surface area contributed by atoms with E-state index < -0.39 is 0 Å². The largest absolute Gasteiger partial charge is 0.399 e. The van der Waals surface area contributed by atoms with Crippen LogP contribution in [0.25, 0.3) is 11.4 Å². The summed E-state index contributed by atoms with van der Waals surface area (Å²) in [5.41, 5.74) is 6.35. The van der Waals surface area contributed by atoms with E-state index in [4.69, 9.17) is 5.73 Å². The lowest BCUT2D eigenvalue weighted by molar-refractivity contribution is 0.271. The summed E-state index contributed by atoms with van der Waals surface area (Å²) < 4.78 is 15.7. The molecule has 0 unspecified atom stereocenters. The Kier molecular flexibility index (Phi) is 2.55. The Morgan fingerprint density at radius 2 is 2.11 bits per heavy atom. The lowest BCUT2D eigenvalue weighted by Crippen LogP contribution is -2.30. The van der Waals surface area contributed by atoms with Crippen molar-refractivity contribution >= 4 is 5.69 Å². The monoisotopic (exact) mass is 261 g/mol. The molecule has 1 aromatic heterocycles. The van der Waals surface area contributed by atoms with E-state index in [9.17, 15) is 4.39 Å². The van der Waals surface area contributed by atoms with E-state index in [1.54, 1.807) is 10.7 Å². The summed E-state index contributed by atoms with van der Waals surface area (Å²) >= 11 is 0. The molecule has 0 spiro atoms. The SMILES string of the molecule is CC(C)(C1CC1)n1nnnc1-c1cc(N)ccc1F. The van der Waals surface area contributed by atoms with Crippen molar-refractivity contribution in [2.45, 2.75) is 32.2 Å². The number of benzene rings is 1. The summed E-state index contributed by atoms with van der Waals surface area (Å²) in [6.45, 7) is 4.16.